The Hall–Kier alpha value is -3.22. The summed E-state index contributed by atoms with van der Waals surface area (Å²) >= 11 is 0. The zero-order valence-corrected chi connectivity index (χ0v) is 17.0. The zero-order chi connectivity index (χ0) is 21.6. The van der Waals surface area contributed by atoms with Crippen LogP contribution in [0.5, 0.6) is 0 Å². The fourth-order valence-electron chi connectivity index (χ4n) is 2.46. The van der Waals surface area contributed by atoms with E-state index in [0.29, 0.717) is 11.3 Å². The molecule has 0 saturated heterocycles. The van der Waals surface area contributed by atoms with E-state index in [2.05, 4.69) is 26.1 Å². The van der Waals surface area contributed by atoms with E-state index in [1.54, 1.807) is 12.1 Å². The average molecular weight is 400 g/mol. The molecule has 2 aromatic carbocycles. The maximum atomic E-state index is 12.9. The zero-order valence-electron chi connectivity index (χ0n) is 17.0. The maximum Gasteiger partial charge on any atom is 0.338 e. The van der Waals surface area contributed by atoms with E-state index in [0.717, 1.165) is 10.5 Å². The van der Waals surface area contributed by atoms with Crippen molar-refractivity contribution in [2.24, 2.45) is 0 Å². The summed E-state index contributed by atoms with van der Waals surface area (Å²) in [6, 6.07) is 12.3. The average Bonchev–Trinajstić information content (AvgIpc) is 2.67. The number of halogens is 1. The van der Waals surface area contributed by atoms with Gasteiger partial charge in [0.1, 0.15) is 5.82 Å². The van der Waals surface area contributed by atoms with Gasteiger partial charge in [-0.1, -0.05) is 32.9 Å². The number of rotatable bonds is 6. The minimum absolute atomic E-state index is 0.0321. The van der Waals surface area contributed by atoms with Crippen molar-refractivity contribution in [2.45, 2.75) is 26.2 Å². The molecule has 0 aromatic heterocycles. The Morgan fingerprint density at radius 2 is 1.59 bits per heavy atom. The number of anilines is 1. The molecule has 0 aliphatic carbocycles. The van der Waals surface area contributed by atoms with Crippen molar-refractivity contribution in [3.63, 3.8) is 0 Å². The van der Waals surface area contributed by atoms with Gasteiger partial charge in [0.05, 0.1) is 12.1 Å². The van der Waals surface area contributed by atoms with E-state index in [1.807, 2.05) is 12.1 Å². The topological polar surface area (TPSA) is 75.7 Å². The van der Waals surface area contributed by atoms with Crippen molar-refractivity contribution in [1.82, 2.24) is 4.90 Å². The SMILES string of the molecule is CN(CC(=O)Nc1ccc(F)cc1)C(=O)COC(=O)c1ccc(C(C)(C)C)cc1. The second-order valence-electron chi connectivity index (χ2n) is 7.71. The molecule has 2 rings (SSSR count). The number of carbonyl (C=O) groups is 3. The van der Waals surface area contributed by atoms with Gasteiger partial charge >= 0.3 is 5.97 Å². The molecule has 29 heavy (non-hydrogen) atoms. The molecule has 2 amide bonds. The molecule has 0 heterocycles. The third-order valence-electron chi connectivity index (χ3n) is 4.25. The molecular weight excluding hydrogens is 375 g/mol. The van der Waals surface area contributed by atoms with E-state index in [1.165, 1.54) is 31.3 Å². The first-order valence-electron chi connectivity index (χ1n) is 9.13. The third-order valence-corrected chi connectivity index (χ3v) is 4.25. The first-order chi connectivity index (χ1) is 13.6. The van der Waals surface area contributed by atoms with Crippen LogP contribution in [0.15, 0.2) is 48.5 Å². The van der Waals surface area contributed by atoms with Crippen LogP contribution in [-0.4, -0.2) is 42.9 Å². The van der Waals surface area contributed by atoms with Gasteiger partial charge in [-0.3, -0.25) is 9.59 Å². The molecule has 0 fully saturated rings. The largest absolute Gasteiger partial charge is 0.452 e. The number of carbonyl (C=O) groups excluding carboxylic acids is 3. The Morgan fingerprint density at radius 1 is 1.00 bits per heavy atom. The molecule has 0 spiro atoms. The lowest BCUT2D eigenvalue weighted by molar-refractivity contribution is -0.136. The lowest BCUT2D eigenvalue weighted by Gasteiger charge is -2.19. The minimum Gasteiger partial charge on any atom is -0.452 e. The first-order valence-corrected chi connectivity index (χ1v) is 9.13. The van der Waals surface area contributed by atoms with E-state index in [-0.39, 0.29) is 12.0 Å². The fourth-order valence-corrected chi connectivity index (χ4v) is 2.46. The summed E-state index contributed by atoms with van der Waals surface area (Å²) in [6.07, 6.45) is 0. The molecule has 2 aromatic rings. The summed E-state index contributed by atoms with van der Waals surface area (Å²) in [5.74, 6) is -1.98. The number of amides is 2. The highest BCUT2D eigenvalue weighted by molar-refractivity contribution is 5.95. The van der Waals surface area contributed by atoms with Crippen molar-refractivity contribution < 1.29 is 23.5 Å². The molecule has 0 aliphatic heterocycles. The Kier molecular flexibility index (Phi) is 7.09. The van der Waals surface area contributed by atoms with Gasteiger partial charge in [-0.25, -0.2) is 9.18 Å². The molecule has 0 bridgehead atoms. The number of esters is 1. The van der Waals surface area contributed by atoms with Gasteiger partial charge in [0.2, 0.25) is 5.91 Å². The molecule has 0 radical (unpaired) electrons. The first kappa shape index (κ1) is 22.1. The summed E-state index contributed by atoms with van der Waals surface area (Å²) in [6.45, 7) is 5.51. The number of likely N-dealkylation sites (N-methyl/N-ethyl adjacent to an activating group) is 1. The monoisotopic (exact) mass is 400 g/mol. The van der Waals surface area contributed by atoms with Crippen LogP contribution in [0.2, 0.25) is 0 Å². The van der Waals surface area contributed by atoms with Gasteiger partial charge in [0.25, 0.3) is 5.91 Å². The molecule has 154 valence electrons. The van der Waals surface area contributed by atoms with Crippen molar-refractivity contribution in [3.05, 3.63) is 65.5 Å². The fraction of sp³-hybridized carbons (Fsp3) is 0.318. The number of hydrogen-bond donors (Lipinski definition) is 1. The number of hydrogen-bond acceptors (Lipinski definition) is 4. The maximum absolute atomic E-state index is 12.9. The highest BCUT2D eigenvalue weighted by atomic mass is 19.1. The van der Waals surface area contributed by atoms with E-state index < -0.39 is 30.2 Å². The molecule has 0 aliphatic rings. The molecule has 0 unspecified atom stereocenters. The van der Waals surface area contributed by atoms with Crippen LogP contribution in [0.4, 0.5) is 10.1 Å². The van der Waals surface area contributed by atoms with Crippen molar-refractivity contribution in [3.8, 4) is 0 Å². The van der Waals surface area contributed by atoms with Crippen LogP contribution in [-0.2, 0) is 19.7 Å². The highest BCUT2D eigenvalue weighted by Gasteiger charge is 2.18. The molecule has 0 saturated carbocycles. The van der Waals surface area contributed by atoms with Crippen molar-refractivity contribution >= 4 is 23.5 Å². The molecule has 7 heteroatoms. The normalized spacial score (nSPS) is 10.9. The Bertz CT molecular complexity index is 871. The van der Waals surface area contributed by atoms with E-state index in [9.17, 15) is 18.8 Å². The molecule has 6 nitrogen and oxygen atoms in total. The van der Waals surface area contributed by atoms with Gasteiger partial charge in [0, 0.05) is 12.7 Å². The van der Waals surface area contributed by atoms with Gasteiger partial charge in [0.15, 0.2) is 6.61 Å². The molecule has 0 atom stereocenters. The highest BCUT2D eigenvalue weighted by Crippen LogP contribution is 2.22. The van der Waals surface area contributed by atoms with Gasteiger partial charge in [-0.05, 0) is 47.4 Å². The van der Waals surface area contributed by atoms with Crippen LogP contribution >= 0.6 is 0 Å². The predicted molar refractivity (Wildman–Crippen MR) is 108 cm³/mol. The lowest BCUT2D eigenvalue weighted by Crippen LogP contribution is -2.37. The van der Waals surface area contributed by atoms with Crippen LogP contribution in [0.1, 0.15) is 36.7 Å². The minimum atomic E-state index is -0.608. The second kappa shape index (κ2) is 9.32. The number of benzene rings is 2. The smallest absolute Gasteiger partial charge is 0.338 e. The van der Waals surface area contributed by atoms with Crippen molar-refractivity contribution in [1.29, 1.82) is 0 Å². The van der Waals surface area contributed by atoms with E-state index in [4.69, 9.17) is 4.74 Å². The van der Waals surface area contributed by atoms with Gasteiger partial charge in [-0.2, -0.15) is 0 Å². The Morgan fingerprint density at radius 3 is 2.14 bits per heavy atom. The van der Waals surface area contributed by atoms with Crippen LogP contribution < -0.4 is 5.32 Å². The van der Waals surface area contributed by atoms with Crippen LogP contribution in [0, 0.1) is 5.82 Å². The van der Waals surface area contributed by atoms with E-state index >= 15 is 0 Å². The van der Waals surface area contributed by atoms with Gasteiger partial charge in [-0.15, -0.1) is 0 Å². The lowest BCUT2D eigenvalue weighted by atomic mass is 9.87. The summed E-state index contributed by atoms with van der Waals surface area (Å²) in [5.41, 5.74) is 1.82. The Labute approximate surface area is 169 Å². The third kappa shape index (κ3) is 6.71. The quantitative estimate of drug-likeness (QED) is 0.755. The molecular formula is C22H25FN2O4. The summed E-state index contributed by atoms with van der Waals surface area (Å²) < 4.78 is 17.9. The second-order valence-corrected chi connectivity index (χ2v) is 7.71. The van der Waals surface area contributed by atoms with Crippen LogP contribution in [0.25, 0.3) is 0 Å². The number of nitrogens with zero attached hydrogens (tertiary/aromatic N) is 1. The predicted octanol–water partition coefficient (Wildman–Crippen LogP) is 3.38. The summed E-state index contributed by atoms with van der Waals surface area (Å²) in [7, 11) is 1.43. The van der Waals surface area contributed by atoms with Crippen molar-refractivity contribution in [2.75, 3.05) is 25.5 Å². The summed E-state index contributed by atoms with van der Waals surface area (Å²) in [5, 5.41) is 2.56. The number of ether oxygens (including phenoxy) is 1. The molecule has 1 N–H and O–H groups in total. The Balaban J connectivity index is 1.82. The summed E-state index contributed by atoms with van der Waals surface area (Å²) in [4.78, 5) is 37.4. The van der Waals surface area contributed by atoms with Gasteiger partial charge < -0.3 is 15.0 Å². The van der Waals surface area contributed by atoms with Crippen LogP contribution in [0.3, 0.4) is 0 Å². The number of nitrogens with one attached hydrogen (secondary N) is 1. The standard InChI is InChI=1S/C22H25FN2O4/c1-22(2,3)16-7-5-15(6-8-16)21(28)29-14-20(27)25(4)13-19(26)24-18-11-9-17(23)10-12-18/h5-12H,13-14H2,1-4H3,(H,24,26).